The second-order valence-corrected chi connectivity index (χ2v) is 5.43. The number of carbonyl (C=O) groups is 1. The Morgan fingerprint density at radius 1 is 1.41 bits per heavy atom. The molecule has 4 heteroatoms. The van der Waals surface area contributed by atoms with E-state index >= 15 is 0 Å². The summed E-state index contributed by atoms with van der Waals surface area (Å²) in [6.07, 6.45) is 6.15. The van der Waals surface area contributed by atoms with Crippen molar-refractivity contribution in [2.45, 2.75) is 50.7 Å². The predicted octanol–water partition coefficient (Wildman–Crippen LogP) is 1.08. The van der Waals surface area contributed by atoms with Crippen LogP contribution in [0.1, 0.15) is 38.5 Å². The third-order valence-electron chi connectivity index (χ3n) is 3.93. The van der Waals surface area contributed by atoms with Gasteiger partial charge in [0, 0.05) is 0 Å². The SMILES string of the molecule is COC(=O)C(NCC1CCCC(O)C1)C1CC1. The van der Waals surface area contributed by atoms with Crippen LogP contribution in [0.3, 0.4) is 0 Å². The largest absolute Gasteiger partial charge is 0.468 e. The van der Waals surface area contributed by atoms with Crippen LogP contribution in [0.4, 0.5) is 0 Å². The molecule has 0 aromatic rings. The van der Waals surface area contributed by atoms with Crippen LogP contribution in [0.5, 0.6) is 0 Å². The summed E-state index contributed by atoms with van der Waals surface area (Å²) in [5.41, 5.74) is 0. The summed E-state index contributed by atoms with van der Waals surface area (Å²) in [6, 6.07) is -0.126. The van der Waals surface area contributed by atoms with Crippen LogP contribution in [0, 0.1) is 11.8 Å². The van der Waals surface area contributed by atoms with E-state index in [1.165, 1.54) is 7.11 Å². The molecule has 4 nitrogen and oxygen atoms in total. The van der Waals surface area contributed by atoms with Crippen molar-refractivity contribution in [3.05, 3.63) is 0 Å². The van der Waals surface area contributed by atoms with Crippen LogP contribution in [-0.4, -0.2) is 36.9 Å². The van der Waals surface area contributed by atoms with Gasteiger partial charge < -0.3 is 15.2 Å². The van der Waals surface area contributed by atoms with Gasteiger partial charge in [0.2, 0.25) is 0 Å². The van der Waals surface area contributed by atoms with Crippen molar-refractivity contribution in [2.24, 2.45) is 11.8 Å². The monoisotopic (exact) mass is 241 g/mol. The van der Waals surface area contributed by atoms with Crippen LogP contribution >= 0.6 is 0 Å². The highest BCUT2D eigenvalue weighted by Crippen LogP contribution is 2.33. The highest BCUT2D eigenvalue weighted by molar-refractivity contribution is 5.76. The molecule has 2 N–H and O–H groups in total. The molecule has 0 aromatic heterocycles. The molecule has 2 rings (SSSR count). The summed E-state index contributed by atoms with van der Waals surface area (Å²) in [6.45, 7) is 0.827. The zero-order chi connectivity index (χ0) is 12.3. The van der Waals surface area contributed by atoms with Crippen molar-refractivity contribution >= 4 is 5.97 Å². The van der Waals surface area contributed by atoms with Gasteiger partial charge in [0.25, 0.3) is 0 Å². The lowest BCUT2D eigenvalue weighted by Gasteiger charge is -2.27. The third kappa shape index (κ3) is 3.68. The normalized spacial score (nSPS) is 30.9. The highest BCUT2D eigenvalue weighted by atomic mass is 16.5. The number of aliphatic hydroxyl groups excluding tert-OH is 1. The summed E-state index contributed by atoms with van der Waals surface area (Å²) in [7, 11) is 1.45. The molecule has 0 aliphatic heterocycles. The van der Waals surface area contributed by atoms with Gasteiger partial charge in [-0.15, -0.1) is 0 Å². The van der Waals surface area contributed by atoms with Crippen LogP contribution in [-0.2, 0) is 9.53 Å². The summed E-state index contributed by atoms with van der Waals surface area (Å²) in [4.78, 5) is 11.6. The number of methoxy groups -OCH3 is 1. The summed E-state index contributed by atoms with van der Waals surface area (Å²) in [5, 5.41) is 12.9. The number of hydrogen-bond acceptors (Lipinski definition) is 4. The fourth-order valence-electron chi connectivity index (χ4n) is 2.74. The average molecular weight is 241 g/mol. The van der Waals surface area contributed by atoms with E-state index in [1.54, 1.807) is 0 Å². The second-order valence-electron chi connectivity index (χ2n) is 5.43. The Bertz CT molecular complexity index is 265. The Morgan fingerprint density at radius 2 is 2.18 bits per heavy atom. The number of hydrogen-bond donors (Lipinski definition) is 2. The topological polar surface area (TPSA) is 58.6 Å². The summed E-state index contributed by atoms with van der Waals surface area (Å²) in [5.74, 6) is 0.837. The van der Waals surface area contributed by atoms with Crippen molar-refractivity contribution in [3.63, 3.8) is 0 Å². The van der Waals surface area contributed by atoms with Gasteiger partial charge in [-0.05, 0) is 50.5 Å². The number of aliphatic hydroxyl groups is 1. The minimum atomic E-state index is -0.145. The van der Waals surface area contributed by atoms with E-state index in [0.717, 1.165) is 45.1 Å². The van der Waals surface area contributed by atoms with Crippen LogP contribution in [0.15, 0.2) is 0 Å². The van der Waals surface area contributed by atoms with Crippen LogP contribution < -0.4 is 5.32 Å². The molecule has 3 atom stereocenters. The predicted molar refractivity (Wildman–Crippen MR) is 64.5 cm³/mol. The van der Waals surface area contributed by atoms with Gasteiger partial charge in [0.05, 0.1) is 13.2 Å². The quantitative estimate of drug-likeness (QED) is 0.707. The Hall–Kier alpha value is -0.610. The Labute approximate surface area is 103 Å². The van der Waals surface area contributed by atoms with E-state index in [9.17, 15) is 9.90 Å². The van der Waals surface area contributed by atoms with Gasteiger partial charge in [0.1, 0.15) is 6.04 Å². The molecule has 2 aliphatic carbocycles. The number of rotatable bonds is 5. The Kier molecular flexibility index (Phi) is 4.40. The van der Waals surface area contributed by atoms with Crippen molar-refractivity contribution in [1.29, 1.82) is 0 Å². The fourth-order valence-corrected chi connectivity index (χ4v) is 2.74. The lowest BCUT2D eigenvalue weighted by Crippen LogP contribution is -2.42. The molecule has 2 saturated carbocycles. The van der Waals surface area contributed by atoms with E-state index in [0.29, 0.717) is 11.8 Å². The zero-order valence-corrected chi connectivity index (χ0v) is 10.5. The maximum absolute atomic E-state index is 11.6. The molecule has 0 aromatic carbocycles. The van der Waals surface area contributed by atoms with Crippen molar-refractivity contribution in [2.75, 3.05) is 13.7 Å². The minimum Gasteiger partial charge on any atom is -0.468 e. The Morgan fingerprint density at radius 3 is 2.76 bits per heavy atom. The van der Waals surface area contributed by atoms with Crippen molar-refractivity contribution in [3.8, 4) is 0 Å². The molecule has 0 saturated heterocycles. The minimum absolute atomic E-state index is 0.126. The van der Waals surface area contributed by atoms with Gasteiger partial charge in [-0.2, -0.15) is 0 Å². The van der Waals surface area contributed by atoms with E-state index < -0.39 is 0 Å². The molecule has 0 spiro atoms. The number of nitrogens with one attached hydrogen (secondary N) is 1. The van der Waals surface area contributed by atoms with E-state index in [4.69, 9.17) is 4.74 Å². The van der Waals surface area contributed by atoms with E-state index in [2.05, 4.69) is 5.32 Å². The fraction of sp³-hybridized carbons (Fsp3) is 0.923. The van der Waals surface area contributed by atoms with Crippen molar-refractivity contribution < 1.29 is 14.6 Å². The summed E-state index contributed by atoms with van der Waals surface area (Å²) < 4.78 is 4.82. The lowest BCUT2D eigenvalue weighted by molar-refractivity contribution is -0.143. The average Bonchev–Trinajstić information content (AvgIpc) is 3.13. The molecule has 98 valence electrons. The number of esters is 1. The molecular formula is C13H23NO3. The zero-order valence-electron chi connectivity index (χ0n) is 10.5. The maximum atomic E-state index is 11.6. The van der Waals surface area contributed by atoms with E-state index in [-0.39, 0.29) is 18.1 Å². The second kappa shape index (κ2) is 5.83. The highest BCUT2D eigenvalue weighted by Gasteiger charge is 2.37. The van der Waals surface area contributed by atoms with Crippen LogP contribution in [0.2, 0.25) is 0 Å². The number of ether oxygens (including phenoxy) is 1. The van der Waals surface area contributed by atoms with Gasteiger partial charge in [0.15, 0.2) is 0 Å². The molecular weight excluding hydrogens is 218 g/mol. The van der Waals surface area contributed by atoms with Crippen LogP contribution in [0.25, 0.3) is 0 Å². The molecule has 0 heterocycles. The first-order valence-corrected chi connectivity index (χ1v) is 6.70. The Balaban J connectivity index is 1.76. The molecule has 17 heavy (non-hydrogen) atoms. The van der Waals surface area contributed by atoms with E-state index in [1.807, 2.05) is 0 Å². The lowest BCUT2D eigenvalue weighted by atomic mass is 9.87. The van der Waals surface area contributed by atoms with Crippen molar-refractivity contribution in [1.82, 2.24) is 5.32 Å². The molecule has 3 unspecified atom stereocenters. The third-order valence-corrected chi connectivity index (χ3v) is 3.93. The first kappa shape index (κ1) is 12.8. The number of carbonyl (C=O) groups excluding carboxylic acids is 1. The first-order valence-electron chi connectivity index (χ1n) is 6.70. The molecule has 2 fully saturated rings. The first-order chi connectivity index (χ1) is 8.20. The summed E-state index contributed by atoms with van der Waals surface area (Å²) >= 11 is 0. The standard InChI is InChI=1S/C13H23NO3/c1-17-13(16)12(10-5-6-10)14-8-9-3-2-4-11(15)7-9/h9-12,14-15H,2-8H2,1H3. The molecule has 0 amide bonds. The molecule has 0 radical (unpaired) electrons. The van der Waals surface area contributed by atoms with Gasteiger partial charge in [-0.1, -0.05) is 6.42 Å². The smallest absolute Gasteiger partial charge is 0.323 e. The molecule has 2 aliphatic rings. The van der Waals surface area contributed by atoms with Gasteiger partial charge in [-0.3, -0.25) is 4.79 Å². The maximum Gasteiger partial charge on any atom is 0.323 e. The van der Waals surface area contributed by atoms with Gasteiger partial charge >= 0.3 is 5.97 Å². The van der Waals surface area contributed by atoms with Gasteiger partial charge in [-0.25, -0.2) is 0 Å². The molecule has 0 bridgehead atoms.